The lowest BCUT2D eigenvalue weighted by atomic mass is 9.90. The van der Waals surface area contributed by atoms with Gasteiger partial charge in [0.2, 0.25) is 0 Å². The van der Waals surface area contributed by atoms with Crippen LogP contribution in [0.2, 0.25) is 0 Å². The minimum Gasteiger partial charge on any atom is -0.0594 e. The van der Waals surface area contributed by atoms with Gasteiger partial charge < -0.3 is 0 Å². The molecule has 11 heavy (non-hydrogen) atoms. The monoisotopic (exact) mass is 150 g/mol. The maximum absolute atomic E-state index is 2.50. The summed E-state index contributed by atoms with van der Waals surface area (Å²) in [5.41, 5.74) is 1.55. The second-order valence-corrected chi connectivity index (χ2v) is 6.03. The van der Waals surface area contributed by atoms with Crippen LogP contribution >= 0.6 is 0 Å². The molecule has 3 rings (SSSR count). The number of rotatable bonds is 0. The lowest BCUT2D eigenvalue weighted by Crippen LogP contribution is -2.06. The number of hydrogen-bond donors (Lipinski definition) is 0. The van der Waals surface area contributed by atoms with Gasteiger partial charge in [0.15, 0.2) is 0 Å². The first kappa shape index (κ1) is 6.51. The molecule has 3 aliphatic carbocycles. The van der Waals surface area contributed by atoms with Crippen LogP contribution in [-0.2, 0) is 0 Å². The van der Waals surface area contributed by atoms with Gasteiger partial charge in [0.1, 0.15) is 0 Å². The van der Waals surface area contributed by atoms with Gasteiger partial charge in [-0.25, -0.2) is 0 Å². The van der Waals surface area contributed by atoms with E-state index in [0.29, 0.717) is 0 Å². The van der Waals surface area contributed by atoms with Crippen molar-refractivity contribution < 1.29 is 0 Å². The van der Waals surface area contributed by atoms with E-state index >= 15 is 0 Å². The smallest absolute Gasteiger partial charge is 0.0291 e. The fourth-order valence-corrected chi connectivity index (χ4v) is 3.66. The van der Waals surface area contributed by atoms with Crippen molar-refractivity contribution in [2.45, 2.75) is 40.0 Å². The summed E-state index contributed by atoms with van der Waals surface area (Å²) in [4.78, 5) is 0. The molecule has 0 bridgehead atoms. The molecule has 0 aromatic rings. The van der Waals surface area contributed by atoms with E-state index in [1.165, 1.54) is 0 Å². The lowest BCUT2D eigenvalue weighted by molar-refractivity contribution is 0.348. The topological polar surface area (TPSA) is 0 Å². The van der Waals surface area contributed by atoms with Crippen LogP contribution in [0.5, 0.6) is 0 Å². The van der Waals surface area contributed by atoms with Crippen LogP contribution in [0.15, 0.2) is 0 Å². The fourth-order valence-electron chi connectivity index (χ4n) is 3.66. The molecule has 3 saturated carbocycles. The largest absolute Gasteiger partial charge is 0.0594 e. The first-order chi connectivity index (χ1) is 5.04. The molecule has 0 unspecified atom stereocenters. The predicted octanol–water partition coefficient (Wildman–Crippen LogP) is 3.08. The Balaban J connectivity index is 1.85. The van der Waals surface area contributed by atoms with E-state index in [-0.39, 0.29) is 0 Å². The summed E-state index contributed by atoms with van der Waals surface area (Å²) in [6.45, 7) is 7.44. The van der Waals surface area contributed by atoms with Crippen LogP contribution in [0.3, 0.4) is 0 Å². The summed E-state index contributed by atoms with van der Waals surface area (Å²) in [7, 11) is 0. The van der Waals surface area contributed by atoms with Crippen LogP contribution in [0.1, 0.15) is 40.0 Å². The molecule has 0 aromatic carbocycles. The molecule has 0 spiro atoms. The third-order valence-electron chi connectivity index (χ3n) is 5.05. The quantitative estimate of drug-likeness (QED) is 0.498. The van der Waals surface area contributed by atoms with Gasteiger partial charge in [-0.2, -0.15) is 0 Å². The van der Waals surface area contributed by atoms with Crippen molar-refractivity contribution in [1.82, 2.24) is 0 Å². The highest BCUT2D eigenvalue weighted by molar-refractivity contribution is 5.17. The van der Waals surface area contributed by atoms with Crippen LogP contribution in [0.4, 0.5) is 0 Å². The van der Waals surface area contributed by atoms with E-state index in [1.54, 1.807) is 19.3 Å². The normalized spacial score (nSPS) is 63.0. The van der Waals surface area contributed by atoms with Crippen molar-refractivity contribution in [3.8, 4) is 0 Å². The summed E-state index contributed by atoms with van der Waals surface area (Å²) in [6.07, 6.45) is 4.67. The van der Waals surface area contributed by atoms with Crippen molar-refractivity contribution in [1.29, 1.82) is 0 Å². The van der Waals surface area contributed by atoms with Crippen molar-refractivity contribution in [3.05, 3.63) is 0 Å². The van der Waals surface area contributed by atoms with Crippen LogP contribution in [0.25, 0.3) is 0 Å². The third-order valence-corrected chi connectivity index (χ3v) is 5.05. The van der Waals surface area contributed by atoms with Crippen LogP contribution in [-0.4, -0.2) is 0 Å². The van der Waals surface area contributed by atoms with Gasteiger partial charge in [0, 0.05) is 0 Å². The van der Waals surface area contributed by atoms with Gasteiger partial charge in [0.05, 0.1) is 0 Å². The highest BCUT2D eigenvalue weighted by atomic mass is 14.7. The molecule has 0 saturated heterocycles. The number of hydrogen-bond acceptors (Lipinski definition) is 0. The Kier molecular flexibility index (Phi) is 0.832. The first-order valence-electron chi connectivity index (χ1n) is 5.04. The molecule has 0 aromatic heterocycles. The molecule has 0 heteroatoms. The molecule has 0 nitrogen and oxygen atoms in total. The van der Waals surface area contributed by atoms with Gasteiger partial charge in [-0.3, -0.25) is 0 Å². The average Bonchev–Trinajstić information content (AvgIpc) is 2.68. The summed E-state index contributed by atoms with van der Waals surface area (Å²) in [5.74, 6) is 3.35. The summed E-state index contributed by atoms with van der Waals surface area (Å²) in [6, 6.07) is 0. The average molecular weight is 150 g/mol. The van der Waals surface area contributed by atoms with Gasteiger partial charge in [-0.05, 0) is 47.8 Å². The Hall–Kier alpha value is 0. The minimum absolute atomic E-state index is 0.733. The Bertz CT molecular complexity index is 216. The van der Waals surface area contributed by atoms with E-state index in [9.17, 15) is 0 Å². The lowest BCUT2D eigenvalue weighted by Gasteiger charge is -2.15. The second kappa shape index (κ2) is 1.41. The van der Waals surface area contributed by atoms with E-state index in [4.69, 9.17) is 0 Å². The Morgan fingerprint density at radius 1 is 1.00 bits per heavy atom. The second-order valence-electron chi connectivity index (χ2n) is 6.03. The van der Waals surface area contributed by atoms with Crippen molar-refractivity contribution in [2.24, 2.45) is 28.6 Å². The molecule has 0 aliphatic heterocycles. The maximum atomic E-state index is 2.50. The van der Waals surface area contributed by atoms with E-state index in [0.717, 1.165) is 28.6 Å². The minimum atomic E-state index is 0.733. The van der Waals surface area contributed by atoms with E-state index in [2.05, 4.69) is 20.8 Å². The SMILES string of the molecule is CC1(C)[C@@H]2C[C@H]3C[C@]3(C)C[C@@H]21. The molecular weight excluding hydrogens is 132 g/mol. The van der Waals surface area contributed by atoms with Gasteiger partial charge in [0.25, 0.3) is 0 Å². The zero-order valence-electron chi connectivity index (χ0n) is 7.85. The zero-order chi connectivity index (χ0) is 7.85. The van der Waals surface area contributed by atoms with Crippen molar-refractivity contribution in [3.63, 3.8) is 0 Å². The number of fused-ring (bicyclic) bond motifs is 2. The van der Waals surface area contributed by atoms with Crippen molar-refractivity contribution >= 4 is 0 Å². The fraction of sp³-hybridized carbons (Fsp3) is 1.00. The molecule has 3 aliphatic rings. The molecule has 0 amide bonds. The first-order valence-corrected chi connectivity index (χ1v) is 5.04. The molecule has 0 heterocycles. The van der Waals surface area contributed by atoms with Gasteiger partial charge in [-0.1, -0.05) is 20.8 Å². The van der Waals surface area contributed by atoms with Crippen molar-refractivity contribution in [2.75, 3.05) is 0 Å². The summed E-state index contributed by atoms with van der Waals surface area (Å²) < 4.78 is 0. The standard InChI is InChI=1S/C11H18/c1-10(2)8-4-7-5-11(7,3)6-9(8)10/h7-9H,4-6H2,1-3H3/t7-,8+,9-,11+/m0/s1. The maximum Gasteiger partial charge on any atom is -0.0291 e. The van der Waals surface area contributed by atoms with Crippen LogP contribution < -0.4 is 0 Å². The molecular formula is C11H18. The van der Waals surface area contributed by atoms with E-state index < -0.39 is 0 Å². The third kappa shape index (κ3) is 0.625. The Morgan fingerprint density at radius 3 is 2.36 bits per heavy atom. The van der Waals surface area contributed by atoms with Crippen LogP contribution in [0, 0.1) is 28.6 Å². The Morgan fingerprint density at radius 2 is 1.73 bits per heavy atom. The van der Waals surface area contributed by atoms with Gasteiger partial charge >= 0.3 is 0 Å². The predicted molar refractivity (Wildman–Crippen MR) is 46.2 cm³/mol. The highest BCUT2D eigenvalue weighted by Gasteiger charge is 2.68. The summed E-state index contributed by atoms with van der Waals surface area (Å²) in [5, 5.41) is 0. The molecule has 0 radical (unpaired) electrons. The summed E-state index contributed by atoms with van der Waals surface area (Å²) >= 11 is 0. The van der Waals surface area contributed by atoms with E-state index in [1.807, 2.05) is 0 Å². The molecule has 62 valence electrons. The highest BCUT2D eigenvalue weighted by Crippen LogP contribution is 2.76. The zero-order valence-corrected chi connectivity index (χ0v) is 7.85. The molecule has 0 N–H and O–H groups in total. The molecule has 4 atom stereocenters. The Labute approximate surface area is 69.4 Å². The molecule has 3 fully saturated rings. The van der Waals surface area contributed by atoms with Gasteiger partial charge in [-0.15, -0.1) is 0 Å².